The molecule has 2 aromatic rings. The van der Waals surface area contributed by atoms with Gasteiger partial charge in [0, 0.05) is 28.7 Å². The molecule has 2 rings (SSSR count). The highest BCUT2D eigenvalue weighted by molar-refractivity contribution is 7.99. The molecule has 2 aromatic heterocycles. The van der Waals surface area contributed by atoms with E-state index in [1.165, 1.54) is 18.0 Å². The van der Waals surface area contributed by atoms with Crippen LogP contribution in [-0.2, 0) is 0 Å². The number of hydrogen-bond acceptors (Lipinski definition) is 5. The largest absolute Gasteiger partial charge is 0.478 e. The van der Waals surface area contributed by atoms with Crippen LogP contribution in [0.5, 0.6) is 0 Å². The van der Waals surface area contributed by atoms with Crippen LogP contribution in [0.2, 0.25) is 0 Å². The smallest absolute Gasteiger partial charge is 0.338 e. The summed E-state index contributed by atoms with van der Waals surface area (Å²) in [6.45, 7) is 3.68. The molecule has 2 heterocycles. The first kappa shape index (κ1) is 12.5. The van der Waals surface area contributed by atoms with E-state index < -0.39 is 5.97 Å². The predicted octanol–water partition coefficient (Wildman–Crippen LogP) is 2.34. The number of carbonyl (C=O) groups is 1. The van der Waals surface area contributed by atoms with Gasteiger partial charge in [0.25, 0.3) is 0 Å². The lowest BCUT2D eigenvalue weighted by Crippen LogP contribution is -2.01. The minimum absolute atomic E-state index is 0.163. The molecule has 0 unspecified atom stereocenters. The van der Waals surface area contributed by atoms with Crippen molar-refractivity contribution in [1.29, 1.82) is 0 Å². The molecule has 18 heavy (non-hydrogen) atoms. The molecule has 0 atom stereocenters. The Morgan fingerprint density at radius 3 is 2.72 bits per heavy atom. The Morgan fingerprint density at radius 2 is 2.06 bits per heavy atom. The average molecular weight is 261 g/mol. The molecule has 0 fully saturated rings. The van der Waals surface area contributed by atoms with Gasteiger partial charge in [0.2, 0.25) is 0 Å². The highest BCUT2D eigenvalue weighted by Crippen LogP contribution is 2.28. The molecule has 6 heteroatoms. The fraction of sp³-hybridized carbons (Fsp3) is 0.167. The zero-order chi connectivity index (χ0) is 13.1. The molecule has 0 aliphatic heterocycles. The summed E-state index contributed by atoms with van der Waals surface area (Å²) in [5, 5.41) is 9.63. The number of aromatic nitrogens is 3. The van der Waals surface area contributed by atoms with E-state index in [1.54, 1.807) is 18.3 Å². The van der Waals surface area contributed by atoms with Crippen LogP contribution in [0.25, 0.3) is 0 Å². The van der Waals surface area contributed by atoms with Gasteiger partial charge in [-0.2, -0.15) is 0 Å². The minimum Gasteiger partial charge on any atom is -0.478 e. The van der Waals surface area contributed by atoms with Crippen molar-refractivity contribution >= 4 is 17.7 Å². The molecule has 0 aliphatic carbocycles. The molecule has 5 nitrogen and oxygen atoms in total. The summed E-state index contributed by atoms with van der Waals surface area (Å²) in [4.78, 5) is 24.0. The Hall–Kier alpha value is -1.95. The maximum absolute atomic E-state index is 11.1. The third-order valence-electron chi connectivity index (χ3n) is 2.21. The molecular formula is C12H11N3O2S. The summed E-state index contributed by atoms with van der Waals surface area (Å²) >= 11 is 1.23. The zero-order valence-corrected chi connectivity index (χ0v) is 10.7. The van der Waals surface area contributed by atoms with Crippen molar-refractivity contribution in [2.24, 2.45) is 0 Å². The summed E-state index contributed by atoms with van der Waals surface area (Å²) in [7, 11) is 0. The Balaban J connectivity index is 2.39. The summed E-state index contributed by atoms with van der Waals surface area (Å²) in [6.07, 6.45) is 3.01. The van der Waals surface area contributed by atoms with Crippen LogP contribution in [0.4, 0.5) is 0 Å². The van der Waals surface area contributed by atoms with Crippen molar-refractivity contribution in [3.8, 4) is 0 Å². The van der Waals surface area contributed by atoms with Crippen molar-refractivity contribution in [2.45, 2.75) is 23.9 Å². The van der Waals surface area contributed by atoms with Gasteiger partial charge in [-0.15, -0.1) is 0 Å². The lowest BCUT2D eigenvalue weighted by atomic mass is 10.2. The quantitative estimate of drug-likeness (QED) is 0.855. The van der Waals surface area contributed by atoms with Crippen LogP contribution in [-0.4, -0.2) is 26.0 Å². The van der Waals surface area contributed by atoms with Gasteiger partial charge in [-0.3, -0.25) is 4.98 Å². The lowest BCUT2D eigenvalue weighted by molar-refractivity contribution is 0.0692. The van der Waals surface area contributed by atoms with Gasteiger partial charge in [-0.05, 0) is 37.7 Å². The number of rotatable bonds is 3. The summed E-state index contributed by atoms with van der Waals surface area (Å²) < 4.78 is 0. The number of hydrogen-bond donors (Lipinski definition) is 1. The Kier molecular flexibility index (Phi) is 3.57. The second-order valence-electron chi connectivity index (χ2n) is 3.71. The van der Waals surface area contributed by atoms with Crippen LogP contribution < -0.4 is 0 Å². The van der Waals surface area contributed by atoms with Gasteiger partial charge in [-0.25, -0.2) is 14.8 Å². The van der Waals surface area contributed by atoms with Crippen molar-refractivity contribution < 1.29 is 9.90 Å². The first-order valence-electron chi connectivity index (χ1n) is 5.23. The molecule has 0 amide bonds. The number of carboxylic acid groups (broad SMARTS) is 1. The average Bonchev–Trinajstić information content (AvgIpc) is 2.28. The van der Waals surface area contributed by atoms with Gasteiger partial charge >= 0.3 is 5.97 Å². The van der Waals surface area contributed by atoms with E-state index in [4.69, 9.17) is 5.11 Å². The molecule has 0 bridgehead atoms. The number of pyridine rings is 1. The monoisotopic (exact) mass is 261 g/mol. The summed E-state index contributed by atoms with van der Waals surface area (Å²) in [5.74, 6) is -1.00. The van der Waals surface area contributed by atoms with Crippen molar-refractivity contribution in [2.75, 3.05) is 0 Å². The van der Waals surface area contributed by atoms with Gasteiger partial charge in [-0.1, -0.05) is 0 Å². The predicted molar refractivity (Wildman–Crippen MR) is 66.8 cm³/mol. The maximum atomic E-state index is 11.1. The van der Waals surface area contributed by atoms with Crippen LogP contribution in [0, 0.1) is 13.8 Å². The summed E-state index contributed by atoms with van der Waals surface area (Å²) in [6, 6.07) is 3.51. The van der Waals surface area contributed by atoms with E-state index in [9.17, 15) is 4.79 Å². The molecule has 0 saturated carbocycles. The standard InChI is InChI=1S/C12H11N3O2S/c1-7-3-4-13-12(15-7)18-10-5-8(2)14-6-9(10)11(16)17/h3-6H,1-2H3,(H,16,17). The number of aryl methyl sites for hydroxylation is 2. The maximum Gasteiger partial charge on any atom is 0.338 e. The van der Waals surface area contributed by atoms with Crippen LogP contribution in [0.15, 0.2) is 34.6 Å². The van der Waals surface area contributed by atoms with Crippen LogP contribution in [0.3, 0.4) is 0 Å². The van der Waals surface area contributed by atoms with E-state index in [2.05, 4.69) is 15.0 Å². The van der Waals surface area contributed by atoms with E-state index in [1.807, 2.05) is 13.8 Å². The highest BCUT2D eigenvalue weighted by atomic mass is 32.2. The van der Waals surface area contributed by atoms with Crippen molar-refractivity contribution in [1.82, 2.24) is 15.0 Å². The first-order valence-corrected chi connectivity index (χ1v) is 6.05. The molecule has 0 saturated heterocycles. The van der Waals surface area contributed by atoms with Crippen LogP contribution >= 0.6 is 11.8 Å². The van der Waals surface area contributed by atoms with Gasteiger partial charge in [0.1, 0.15) is 0 Å². The Morgan fingerprint density at radius 1 is 1.28 bits per heavy atom. The molecule has 1 N–H and O–H groups in total. The van der Waals surface area contributed by atoms with Gasteiger partial charge < -0.3 is 5.11 Å². The molecule has 0 radical (unpaired) electrons. The lowest BCUT2D eigenvalue weighted by Gasteiger charge is -2.05. The second kappa shape index (κ2) is 5.14. The molecule has 92 valence electrons. The zero-order valence-electron chi connectivity index (χ0n) is 9.91. The van der Waals surface area contributed by atoms with Crippen LogP contribution in [0.1, 0.15) is 21.7 Å². The van der Waals surface area contributed by atoms with Gasteiger partial charge in [0.05, 0.1) is 5.56 Å². The first-order chi connectivity index (χ1) is 8.56. The van der Waals surface area contributed by atoms with E-state index >= 15 is 0 Å². The Labute approximate surface area is 108 Å². The third-order valence-corrected chi connectivity index (χ3v) is 3.14. The Bertz CT molecular complexity index is 602. The molecule has 0 aromatic carbocycles. The minimum atomic E-state index is -1.00. The third kappa shape index (κ3) is 2.84. The number of carboxylic acids is 1. The second-order valence-corrected chi connectivity index (χ2v) is 4.72. The van der Waals surface area contributed by atoms with Crippen molar-refractivity contribution in [3.63, 3.8) is 0 Å². The van der Waals surface area contributed by atoms with E-state index in [0.29, 0.717) is 10.1 Å². The molecule has 0 aliphatic rings. The fourth-order valence-electron chi connectivity index (χ4n) is 1.35. The van der Waals surface area contributed by atoms with Crippen molar-refractivity contribution in [3.05, 3.63) is 41.5 Å². The highest BCUT2D eigenvalue weighted by Gasteiger charge is 2.13. The summed E-state index contributed by atoms with van der Waals surface area (Å²) in [5.41, 5.74) is 1.76. The topological polar surface area (TPSA) is 76.0 Å². The van der Waals surface area contributed by atoms with Gasteiger partial charge in [0.15, 0.2) is 5.16 Å². The number of aromatic carboxylic acids is 1. The molecule has 0 spiro atoms. The fourth-order valence-corrected chi connectivity index (χ4v) is 2.33. The SMILES string of the molecule is Cc1cc(Sc2nccc(C)n2)c(C(=O)O)cn1. The van der Waals surface area contributed by atoms with E-state index in [0.717, 1.165) is 11.4 Å². The molecular weight excluding hydrogens is 250 g/mol. The van der Waals surface area contributed by atoms with E-state index in [-0.39, 0.29) is 5.56 Å². The number of nitrogens with zero attached hydrogens (tertiary/aromatic N) is 3. The normalized spacial score (nSPS) is 10.3.